The van der Waals surface area contributed by atoms with Gasteiger partial charge in [-0.15, -0.1) is 11.3 Å². The van der Waals surface area contributed by atoms with Crippen LogP contribution in [0.4, 0.5) is 0 Å². The molecule has 0 aliphatic rings. The van der Waals surface area contributed by atoms with Crippen molar-refractivity contribution >= 4 is 22.9 Å². The number of hydrogen-bond donors (Lipinski definition) is 1. The first kappa shape index (κ1) is 12.6. The van der Waals surface area contributed by atoms with Gasteiger partial charge in [-0.2, -0.15) is 0 Å². The molecule has 2 rings (SSSR count). The topological polar surface area (TPSA) is 33.1 Å². The molecule has 0 saturated heterocycles. The van der Waals surface area contributed by atoms with E-state index in [1.54, 1.807) is 11.3 Å². The van der Waals surface area contributed by atoms with Crippen LogP contribution in [0.5, 0.6) is 0 Å². The van der Waals surface area contributed by atoms with Gasteiger partial charge in [-0.05, 0) is 24.1 Å². The van der Waals surface area contributed by atoms with E-state index < -0.39 is 0 Å². The fourth-order valence-corrected chi connectivity index (χ4v) is 3.00. The largest absolute Gasteiger partial charge is 0.391 e. The minimum absolute atomic E-state index is 0.0797. The lowest BCUT2D eigenvalue weighted by Gasteiger charge is -1.98. The molecule has 1 N–H and O–H groups in total. The molecule has 90 valence electrons. The number of rotatable bonds is 4. The van der Waals surface area contributed by atoms with Crippen molar-refractivity contribution in [3.8, 4) is 0 Å². The summed E-state index contributed by atoms with van der Waals surface area (Å²) in [4.78, 5) is 5.52. The van der Waals surface area contributed by atoms with Gasteiger partial charge in [-0.3, -0.25) is 0 Å². The van der Waals surface area contributed by atoms with Gasteiger partial charge in [0.05, 0.1) is 22.2 Å². The van der Waals surface area contributed by atoms with Crippen LogP contribution in [-0.2, 0) is 19.4 Å². The second-order valence-electron chi connectivity index (χ2n) is 3.80. The van der Waals surface area contributed by atoms with Crippen molar-refractivity contribution in [2.45, 2.75) is 26.4 Å². The van der Waals surface area contributed by atoms with Crippen molar-refractivity contribution < 1.29 is 5.11 Å². The molecular formula is C13H14ClNOS. The summed E-state index contributed by atoms with van der Waals surface area (Å²) in [5.74, 6) is 0. The maximum Gasteiger partial charge on any atom is 0.0975 e. The van der Waals surface area contributed by atoms with E-state index >= 15 is 0 Å². The van der Waals surface area contributed by atoms with E-state index in [9.17, 15) is 5.11 Å². The molecular weight excluding hydrogens is 254 g/mol. The monoisotopic (exact) mass is 267 g/mol. The molecule has 0 saturated carbocycles. The van der Waals surface area contributed by atoms with E-state index in [1.165, 1.54) is 0 Å². The third kappa shape index (κ3) is 3.06. The first-order valence-corrected chi connectivity index (χ1v) is 6.75. The summed E-state index contributed by atoms with van der Waals surface area (Å²) in [5.41, 5.74) is 2.16. The van der Waals surface area contributed by atoms with Crippen molar-refractivity contribution in [3.05, 3.63) is 50.4 Å². The molecule has 0 bridgehead atoms. The van der Waals surface area contributed by atoms with Gasteiger partial charge in [0.15, 0.2) is 0 Å². The van der Waals surface area contributed by atoms with Crippen LogP contribution in [0.1, 0.15) is 28.1 Å². The predicted octanol–water partition coefficient (Wildman–Crippen LogP) is 3.44. The van der Waals surface area contributed by atoms with Gasteiger partial charge >= 0.3 is 0 Å². The first-order chi connectivity index (χ1) is 8.22. The summed E-state index contributed by atoms with van der Waals surface area (Å²) in [6.07, 6.45) is 1.64. The molecule has 0 amide bonds. The molecule has 0 aliphatic heterocycles. The third-order valence-electron chi connectivity index (χ3n) is 2.55. The van der Waals surface area contributed by atoms with Crippen molar-refractivity contribution in [1.29, 1.82) is 0 Å². The van der Waals surface area contributed by atoms with Gasteiger partial charge in [0.25, 0.3) is 0 Å². The Morgan fingerprint density at radius 2 is 2.24 bits per heavy atom. The van der Waals surface area contributed by atoms with Crippen LogP contribution in [0.15, 0.2) is 24.3 Å². The SMILES string of the molecule is CCc1nc(Cc2cccc(Cl)c2)sc1CO. The van der Waals surface area contributed by atoms with Crippen LogP contribution in [0.2, 0.25) is 5.02 Å². The highest BCUT2D eigenvalue weighted by Crippen LogP contribution is 2.22. The second kappa shape index (κ2) is 5.63. The van der Waals surface area contributed by atoms with E-state index in [1.807, 2.05) is 24.3 Å². The predicted molar refractivity (Wildman–Crippen MR) is 71.7 cm³/mol. The van der Waals surface area contributed by atoms with Crippen molar-refractivity contribution in [2.75, 3.05) is 0 Å². The zero-order valence-corrected chi connectivity index (χ0v) is 11.2. The Balaban J connectivity index is 2.21. The molecule has 1 aromatic carbocycles. The fraction of sp³-hybridized carbons (Fsp3) is 0.308. The number of nitrogens with zero attached hydrogens (tertiary/aromatic N) is 1. The number of aliphatic hydroxyl groups excluding tert-OH is 1. The van der Waals surface area contributed by atoms with Gasteiger partial charge in [0.1, 0.15) is 0 Å². The Hall–Kier alpha value is -0.900. The number of aliphatic hydroxyl groups is 1. The third-order valence-corrected chi connectivity index (χ3v) is 3.86. The Kier molecular flexibility index (Phi) is 4.15. The highest BCUT2D eigenvalue weighted by atomic mass is 35.5. The number of aromatic nitrogens is 1. The number of thiazole rings is 1. The quantitative estimate of drug-likeness (QED) is 0.921. The molecule has 17 heavy (non-hydrogen) atoms. The Labute approximate surface area is 110 Å². The van der Waals surface area contributed by atoms with Crippen LogP contribution in [0.3, 0.4) is 0 Å². The zero-order chi connectivity index (χ0) is 12.3. The number of benzene rings is 1. The summed E-state index contributed by atoms with van der Waals surface area (Å²) >= 11 is 7.53. The van der Waals surface area contributed by atoms with Gasteiger partial charge < -0.3 is 5.11 Å². The van der Waals surface area contributed by atoms with Crippen molar-refractivity contribution in [2.24, 2.45) is 0 Å². The normalized spacial score (nSPS) is 10.8. The molecule has 0 atom stereocenters. The van der Waals surface area contributed by atoms with Crippen LogP contribution in [-0.4, -0.2) is 10.1 Å². The number of halogens is 1. The van der Waals surface area contributed by atoms with Crippen LogP contribution >= 0.6 is 22.9 Å². The van der Waals surface area contributed by atoms with E-state index in [2.05, 4.69) is 11.9 Å². The standard InChI is InChI=1S/C13H14ClNOS/c1-2-11-12(8-16)17-13(15-11)7-9-4-3-5-10(14)6-9/h3-6,16H,2,7-8H2,1H3. The Morgan fingerprint density at radius 3 is 2.82 bits per heavy atom. The number of hydrogen-bond acceptors (Lipinski definition) is 3. The summed E-state index contributed by atoms with van der Waals surface area (Å²) in [5, 5.41) is 11.0. The van der Waals surface area contributed by atoms with Crippen molar-refractivity contribution in [1.82, 2.24) is 4.98 Å². The average molecular weight is 268 g/mol. The molecule has 2 aromatic rings. The smallest absolute Gasteiger partial charge is 0.0975 e. The molecule has 0 aliphatic carbocycles. The zero-order valence-electron chi connectivity index (χ0n) is 9.61. The maximum absolute atomic E-state index is 9.22. The molecule has 0 spiro atoms. The Bertz CT molecular complexity index is 488. The summed E-state index contributed by atoms with van der Waals surface area (Å²) < 4.78 is 0. The first-order valence-electron chi connectivity index (χ1n) is 5.55. The Morgan fingerprint density at radius 1 is 1.41 bits per heavy atom. The minimum Gasteiger partial charge on any atom is -0.391 e. The molecule has 4 heteroatoms. The highest BCUT2D eigenvalue weighted by molar-refractivity contribution is 7.11. The van der Waals surface area contributed by atoms with Gasteiger partial charge in [0, 0.05) is 11.4 Å². The van der Waals surface area contributed by atoms with Gasteiger partial charge in [-0.1, -0.05) is 30.7 Å². The van der Waals surface area contributed by atoms with E-state index in [0.717, 1.165) is 39.0 Å². The number of aryl methyl sites for hydroxylation is 1. The van der Waals surface area contributed by atoms with E-state index in [0.29, 0.717) is 0 Å². The highest BCUT2D eigenvalue weighted by Gasteiger charge is 2.09. The summed E-state index contributed by atoms with van der Waals surface area (Å²) in [6, 6.07) is 7.80. The average Bonchev–Trinajstić information content (AvgIpc) is 2.71. The lowest BCUT2D eigenvalue weighted by molar-refractivity contribution is 0.284. The van der Waals surface area contributed by atoms with Crippen molar-refractivity contribution in [3.63, 3.8) is 0 Å². The summed E-state index contributed by atoms with van der Waals surface area (Å²) in [6.45, 7) is 2.13. The molecule has 1 aromatic heterocycles. The van der Waals surface area contributed by atoms with Gasteiger partial charge in [0.2, 0.25) is 0 Å². The minimum atomic E-state index is 0.0797. The lowest BCUT2D eigenvalue weighted by Crippen LogP contribution is -1.89. The lowest BCUT2D eigenvalue weighted by atomic mass is 10.2. The molecule has 1 heterocycles. The van der Waals surface area contributed by atoms with Gasteiger partial charge in [-0.25, -0.2) is 4.98 Å². The van der Waals surface area contributed by atoms with E-state index in [-0.39, 0.29) is 6.61 Å². The summed E-state index contributed by atoms with van der Waals surface area (Å²) in [7, 11) is 0. The van der Waals surface area contributed by atoms with E-state index in [4.69, 9.17) is 11.6 Å². The molecule has 2 nitrogen and oxygen atoms in total. The fourth-order valence-electron chi connectivity index (χ4n) is 1.73. The molecule has 0 unspecified atom stereocenters. The maximum atomic E-state index is 9.22. The second-order valence-corrected chi connectivity index (χ2v) is 5.40. The van der Waals surface area contributed by atoms with Crippen LogP contribution < -0.4 is 0 Å². The van der Waals surface area contributed by atoms with Crippen LogP contribution in [0, 0.1) is 0 Å². The van der Waals surface area contributed by atoms with Crippen LogP contribution in [0.25, 0.3) is 0 Å². The molecule has 0 radical (unpaired) electrons. The molecule has 0 fully saturated rings.